The Hall–Kier alpha value is -2.65. The zero-order chi connectivity index (χ0) is 19.3. The predicted molar refractivity (Wildman–Crippen MR) is 99.3 cm³/mol. The zero-order valence-corrected chi connectivity index (χ0v) is 15.8. The van der Waals surface area contributed by atoms with Crippen LogP contribution < -0.4 is 4.74 Å². The van der Waals surface area contributed by atoms with E-state index < -0.39 is 10.0 Å². The van der Waals surface area contributed by atoms with Gasteiger partial charge < -0.3 is 14.2 Å². The Morgan fingerprint density at radius 2 is 1.93 bits per heavy atom. The summed E-state index contributed by atoms with van der Waals surface area (Å²) in [5, 5.41) is 4.86. The Morgan fingerprint density at radius 1 is 1.22 bits per heavy atom. The summed E-state index contributed by atoms with van der Waals surface area (Å²) in [6.45, 7) is 2.70. The first-order valence-corrected chi connectivity index (χ1v) is 10.0. The van der Waals surface area contributed by atoms with Gasteiger partial charge in [-0.05, 0) is 23.7 Å². The molecular formula is C18H21N3O5S. The first-order chi connectivity index (χ1) is 12.9. The largest absolute Gasteiger partial charge is 0.465 e. The highest BCUT2D eigenvalue weighted by Gasteiger charge is 2.27. The first-order valence-electron chi connectivity index (χ1n) is 8.51. The number of amides is 1. The molecule has 2 aromatic rings. The van der Waals surface area contributed by atoms with Crippen LogP contribution in [-0.2, 0) is 14.8 Å². The maximum atomic E-state index is 12.4. The van der Waals surface area contributed by atoms with Crippen molar-refractivity contribution in [2.75, 3.05) is 32.8 Å². The van der Waals surface area contributed by atoms with Crippen molar-refractivity contribution in [3.8, 4) is 5.88 Å². The Bertz CT molecular complexity index is 900. The molecule has 3 rings (SSSR count). The van der Waals surface area contributed by atoms with E-state index in [1.807, 2.05) is 30.3 Å². The third-order valence-electron chi connectivity index (χ3n) is 4.13. The Morgan fingerprint density at radius 3 is 2.56 bits per heavy atom. The average Bonchev–Trinajstić information content (AvgIpc) is 3.11. The molecule has 0 aliphatic carbocycles. The summed E-state index contributed by atoms with van der Waals surface area (Å²) in [6.07, 6.45) is 1.57. The molecule has 0 unspecified atom stereocenters. The molecule has 0 atom stereocenters. The smallest absolute Gasteiger partial charge is 0.260 e. The third kappa shape index (κ3) is 5.18. The van der Waals surface area contributed by atoms with Gasteiger partial charge in [0.2, 0.25) is 10.0 Å². The number of carbonyl (C=O) groups excluding carboxylic acids is 1. The van der Waals surface area contributed by atoms with Gasteiger partial charge in [0.05, 0.1) is 0 Å². The molecule has 1 amide bonds. The van der Waals surface area contributed by atoms with Crippen molar-refractivity contribution in [1.29, 1.82) is 0 Å². The van der Waals surface area contributed by atoms with Crippen LogP contribution in [0.25, 0.3) is 6.08 Å². The number of aromatic nitrogens is 1. The summed E-state index contributed by atoms with van der Waals surface area (Å²) < 4.78 is 36.4. The lowest BCUT2D eigenvalue weighted by Gasteiger charge is -2.33. The number of hydrogen-bond donors (Lipinski definition) is 0. The van der Waals surface area contributed by atoms with E-state index in [1.54, 1.807) is 24.0 Å². The van der Waals surface area contributed by atoms with Gasteiger partial charge in [-0.3, -0.25) is 4.79 Å². The molecule has 0 radical (unpaired) electrons. The van der Waals surface area contributed by atoms with E-state index in [0.717, 1.165) is 5.56 Å². The topological polar surface area (TPSA) is 93.0 Å². The standard InChI is InChI=1S/C18H21N3O5S/c1-15-13-17(19-26-15)25-14-18(22)20-8-10-21(11-9-20)27(23,24)12-7-16-5-3-2-4-6-16/h2-7,12-13H,8-11,14H2,1H3. The van der Waals surface area contributed by atoms with Crippen molar-refractivity contribution in [2.45, 2.75) is 6.92 Å². The molecular weight excluding hydrogens is 370 g/mol. The molecule has 1 aliphatic heterocycles. The molecule has 8 nitrogen and oxygen atoms in total. The normalized spacial score (nSPS) is 16.0. The molecule has 1 saturated heterocycles. The maximum absolute atomic E-state index is 12.4. The van der Waals surface area contributed by atoms with Gasteiger partial charge in [0.15, 0.2) is 6.61 Å². The highest BCUT2D eigenvalue weighted by molar-refractivity contribution is 7.92. The summed E-state index contributed by atoms with van der Waals surface area (Å²) in [5.74, 6) is 0.639. The second-order valence-electron chi connectivity index (χ2n) is 6.10. The van der Waals surface area contributed by atoms with Crippen molar-refractivity contribution < 1.29 is 22.5 Å². The molecule has 144 valence electrons. The molecule has 1 aliphatic rings. The number of hydrogen-bond acceptors (Lipinski definition) is 6. The Labute approximate surface area is 158 Å². The van der Waals surface area contributed by atoms with Crippen molar-refractivity contribution in [2.24, 2.45) is 0 Å². The fraction of sp³-hybridized carbons (Fsp3) is 0.333. The van der Waals surface area contributed by atoms with Crippen LogP contribution in [0.4, 0.5) is 0 Å². The number of carbonyl (C=O) groups is 1. The quantitative estimate of drug-likeness (QED) is 0.741. The summed E-state index contributed by atoms with van der Waals surface area (Å²) >= 11 is 0. The summed E-state index contributed by atoms with van der Waals surface area (Å²) in [7, 11) is -3.52. The molecule has 1 aromatic carbocycles. The highest BCUT2D eigenvalue weighted by atomic mass is 32.2. The molecule has 1 fully saturated rings. The van der Waals surface area contributed by atoms with Crippen LogP contribution in [0.1, 0.15) is 11.3 Å². The monoisotopic (exact) mass is 391 g/mol. The van der Waals surface area contributed by atoms with Gasteiger partial charge in [0.1, 0.15) is 5.76 Å². The van der Waals surface area contributed by atoms with Gasteiger partial charge >= 0.3 is 0 Å². The molecule has 0 N–H and O–H groups in total. The molecule has 9 heteroatoms. The molecule has 1 aromatic heterocycles. The minimum Gasteiger partial charge on any atom is -0.465 e. The lowest BCUT2D eigenvalue weighted by atomic mass is 10.2. The van der Waals surface area contributed by atoms with Crippen LogP contribution in [-0.4, -0.2) is 61.5 Å². The van der Waals surface area contributed by atoms with Gasteiger partial charge in [-0.15, -0.1) is 0 Å². The second-order valence-corrected chi connectivity index (χ2v) is 7.92. The molecule has 2 heterocycles. The number of sulfonamides is 1. The van der Waals surface area contributed by atoms with Crippen molar-refractivity contribution in [3.05, 3.63) is 53.1 Å². The number of nitrogens with zero attached hydrogens (tertiary/aromatic N) is 3. The van der Waals surface area contributed by atoms with E-state index in [-0.39, 0.29) is 31.5 Å². The summed E-state index contributed by atoms with van der Waals surface area (Å²) in [4.78, 5) is 13.8. The number of ether oxygens (including phenoxy) is 1. The SMILES string of the molecule is Cc1cc(OCC(=O)N2CCN(S(=O)(=O)C=Cc3ccccc3)CC2)no1. The minimum atomic E-state index is -3.52. The van der Waals surface area contributed by atoms with E-state index in [4.69, 9.17) is 9.26 Å². The number of rotatable bonds is 6. The lowest BCUT2D eigenvalue weighted by molar-refractivity contribution is -0.134. The molecule has 0 saturated carbocycles. The fourth-order valence-corrected chi connectivity index (χ4v) is 3.82. The van der Waals surface area contributed by atoms with Crippen LogP contribution in [0.5, 0.6) is 5.88 Å². The van der Waals surface area contributed by atoms with Gasteiger partial charge in [-0.25, -0.2) is 8.42 Å². The van der Waals surface area contributed by atoms with Crippen molar-refractivity contribution >= 4 is 22.0 Å². The fourth-order valence-electron chi connectivity index (χ4n) is 2.65. The van der Waals surface area contributed by atoms with Crippen molar-refractivity contribution in [1.82, 2.24) is 14.4 Å². The average molecular weight is 391 g/mol. The van der Waals surface area contributed by atoms with Gasteiger partial charge in [-0.2, -0.15) is 4.31 Å². The van der Waals surface area contributed by atoms with Gasteiger partial charge in [-0.1, -0.05) is 30.3 Å². The third-order valence-corrected chi connectivity index (χ3v) is 5.70. The molecule has 27 heavy (non-hydrogen) atoms. The second kappa shape index (κ2) is 8.36. The summed E-state index contributed by atoms with van der Waals surface area (Å²) in [6, 6.07) is 10.8. The van der Waals surface area contributed by atoms with Gasteiger partial charge in [0.25, 0.3) is 11.8 Å². The molecule has 0 spiro atoms. The number of piperazine rings is 1. The summed E-state index contributed by atoms with van der Waals surface area (Å²) in [5.41, 5.74) is 0.815. The van der Waals surface area contributed by atoms with Crippen LogP contribution in [0.2, 0.25) is 0 Å². The Kier molecular flexibility index (Phi) is 5.92. The van der Waals surface area contributed by atoms with E-state index in [0.29, 0.717) is 18.8 Å². The van der Waals surface area contributed by atoms with Crippen LogP contribution in [0.15, 0.2) is 46.3 Å². The van der Waals surface area contributed by atoms with E-state index in [1.165, 1.54) is 9.71 Å². The van der Waals surface area contributed by atoms with E-state index >= 15 is 0 Å². The first kappa shape index (κ1) is 19.1. The van der Waals surface area contributed by atoms with Crippen molar-refractivity contribution in [3.63, 3.8) is 0 Å². The zero-order valence-electron chi connectivity index (χ0n) is 14.9. The van der Waals surface area contributed by atoms with E-state index in [2.05, 4.69) is 5.16 Å². The highest BCUT2D eigenvalue weighted by Crippen LogP contribution is 2.13. The van der Waals surface area contributed by atoms with Crippen LogP contribution in [0.3, 0.4) is 0 Å². The van der Waals surface area contributed by atoms with E-state index in [9.17, 15) is 13.2 Å². The predicted octanol–water partition coefficient (Wildman–Crippen LogP) is 1.51. The lowest BCUT2D eigenvalue weighted by Crippen LogP contribution is -2.51. The number of benzene rings is 1. The maximum Gasteiger partial charge on any atom is 0.260 e. The van der Waals surface area contributed by atoms with Crippen LogP contribution in [0, 0.1) is 6.92 Å². The van der Waals surface area contributed by atoms with Gasteiger partial charge in [0, 0.05) is 37.7 Å². The van der Waals surface area contributed by atoms with Crippen LogP contribution >= 0.6 is 0 Å². The number of aryl methyl sites for hydroxylation is 1. The Balaban J connectivity index is 1.50. The molecule has 0 bridgehead atoms. The minimum absolute atomic E-state index is 0.160.